The molecule has 2 aromatic carbocycles. The van der Waals surface area contributed by atoms with Crippen molar-refractivity contribution in [2.24, 2.45) is 0 Å². The number of nitriles is 1. The van der Waals surface area contributed by atoms with Crippen molar-refractivity contribution in [2.45, 2.75) is 12.7 Å². The molecule has 4 nitrogen and oxygen atoms in total. The monoisotopic (exact) mass is 426 g/mol. The molecule has 1 amide bonds. The summed E-state index contributed by atoms with van der Waals surface area (Å²) in [6.07, 6.45) is -4.53. The third-order valence-electron chi connectivity index (χ3n) is 3.36. The standard InChI is InChI=1S/C18H14BrF3N2O2/c19-15-5-7-16(8-6-15)26-11-17(25)24(12-18(20,21)22)10-14-3-1-13(9-23)2-4-14/h1-8H,10-12H2. The molecule has 0 unspecified atom stereocenters. The van der Waals surface area contributed by atoms with Crippen LogP contribution in [0.1, 0.15) is 11.1 Å². The lowest BCUT2D eigenvalue weighted by molar-refractivity contribution is -0.163. The summed E-state index contributed by atoms with van der Waals surface area (Å²) in [5, 5.41) is 8.76. The van der Waals surface area contributed by atoms with E-state index < -0.39 is 25.2 Å². The number of amides is 1. The van der Waals surface area contributed by atoms with Crippen LogP contribution in [0.4, 0.5) is 13.2 Å². The second-order valence-corrected chi connectivity index (χ2v) is 6.33. The fourth-order valence-electron chi connectivity index (χ4n) is 2.12. The van der Waals surface area contributed by atoms with Crippen molar-refractivity contribution in [3.8, 4) is 11.8 Å². The second kappa shape index (κ2) is 8.72. The second-order valence-electron chi connectivity index (χ2n) is 5.42. The highest BCUT2D eigenvalue weighted by molar-refractivity contribution is 9.10. The summed E-state index contributed by atoms with van der Waals surface area (Å²) in [6.45, 7) is -2.11. The van der Waals surface area contributed by atoms with Crippen LogP contribution < -0.4 is 4.74 Å². The average molecular weight is 427 g/mol. The van der Waals surface area contributed by atoms with Gasteiger partial charge in [-0.15, -0.1) is 0 Å². The van der Waals surface area contributed by atoms with Gasteiger partial charge in [-0.05, 0) is 42.0 Å². The lowest BCUT2D eigenvalue weighted by Gasteiger charge is -2.24. The molecule has 0 radical (unpaired) electrons. The van der Waals surface area contributed by atoms with Crippen LogP contribution in [0.15, 0.2) is 53.0 Å². The Bertz CT molecular complexity index is 784. The van der Waals surface area contributed by atoms with Crippen molar-refractivity contribution >= 4 is 21.8 Å². The number of halogens is 4. The molecule has 0 saturated carbocycles. The Hall–Kier alpha value is -2.53. The van der Waals surface area contributed by atoms with E-state index in [4.69, 9.17) is 10.00 Å². The minimum atomic E-state index is -4.53. The molecule has 0 N–H and O–H groups in total. The first-order valence-electron chi connectivity index (χ1n) is 7.49. The zero-order valence-electron chi connectivity index (χ0n) is 13.5. The van der Waals surface area contributed by atoms with Gasteiger partial charge in [0.15, 0.2) is 6.61 Å². The molecule has 0 saturated heterocycles. The Balaban J connectivity index is 2.05. The quantitative estimate of drug-likeness (QED) is 0.692. The van der Waals surface area contributed by atoms with Crippen molar-refractivity contribution in [3.63, 3.8) is 0 Å². The molecule has 0 aliphatic carbocycles. The SMILES string of the molecule is N#Cc1ccc(CN(CC(F)(F)F)C(=O)COc2ccc(Br)cc2)cc1. The highest BCUT2D eigenvalue weighted by Gasteiger charge is 2.33. The van der Waals surface area contributed by atoms with Gasteiger partial charge < -0.3 is 9.64 Å². The third-order valence-corrected chi connectivity index (χ3v) is 3.88. The summed E-state index contributed by atoms with van der Waals surface area (Å²) in [7, 11) is 0. The van der Waals surface area contributed by atoms with Crippen molar-refractivity contribution in [3.05, 3.63) is 64.1 Å². The summed E-state index contributed by atoms with van der Waals surface area (Å²) in [4.78, 5) is 12.9. The molecule has 0 aromatic heterocycles. The molecular weight excluding hydrogens is 413 g/mol. The first kappa shape index (κ1) is 19.8. The van der Waals surface area contributed by atoms with Gasteiger partial charge in [-0.2, -0.15) is 18.4 Å². The number of carbonyl (C=O) groups is 1. The van der Waals surface area contributed by atoms with Crippen molar-refractivity contribution in [2.75, 3.05) is 13.2 Å². The molecule has 0 spiro atoms. The zero-order valence-corrected chi connectivity index (χ0v) is 15.0. The predicted octanol–water partition coefficient (Wildman–Crippen LogP) is 4.29. The number of nitrogens with zero attached hydrogens (tertiary/aromatic N) is 2. The molecule has 0 fully saturated rings. The van der Waals surface area contributed by atoms with Crippen LogP contribution in [0.2, 0.25) is 0 Å². The van der Waals surface area contributed by atoms with Crippen LogP contribution in [0.3, 0.4) is 0 Å². The van der Waals surface area contributed by atoms with Crippen LogP contribution in [-0.4, -0.2) is 30.1 Å². The lowest BCUT2D eigenvalue weighted by Crippen LogP contribution is -2.41. The van der Waals surface area contributed by atoms with Gasteiger partial charge in [0, 0.05) is 11.0 Å². The van der Waals surface area contributed by atoms with E-state index in [2.05, 4.69) is 15.9 Å². The highest BCUT2D eigenvalue weighted by atomic mass is 79.9. The van der Waals surface area contributed by atoms with E-state index in [0.717, 1.165) is 4.47 Å². The molecule has 0 aliphatic heterocycles. The first-order chi connectivity index (χ1) is 12.3. The first-order valence-corrected chi connectivity index (χ1v) is 8.28. The van der Waals surface area contributed by atoms with Crippen LogP contribution >= 0.6 is 15.9 Å². The summed E-state index contributed by atoms with van der Waals surface area (Å²) < 4.78 is 44.5. The van der Waals surface area contributed by atoms with Gasteiger partial charge in [0.1, 0.15) is 12.3 Å². The fraction of sp³-hybridized carbons (Fsp3) is 0.222. The molecule has 2 rings (SSSR count). The van der Waals surface area contributed by atoms with Gasteiger partial charge in [-0.25, -0.2) is 0 Å². The maximum Gasteiger partial charge on any atom is 0.406 e. The zero-order chi connectivity index (χ0) is 19.2. The topological polar surface area (TPSA) is 53.3 Å². The largest absolute Gasteiger partial charge is 0.484 e. The van der Waals surface area contributed by atoms with Gasteiger partial charge in [0.25, 0.3) is 5.91 Å². The van der Waals surface area contributed by atoms with Gasteiger partial charge in [0.05, 0.1) is 11.6 Å². The maximum absolute atomic E-state index is 12.8. The molecule has 136 valence electrons. The lowest BCUT2D eigenvalue weighted by atomic mass is 10.1. The molecular formula is C18H14BrF3N2O2. The average Bonchev–Trinajstić information content (AvgIpc) is 2.60. The number of carbonyl (C=O) groups excluding carboxylic acids is 1. The van der Waals surface area contributed by atoms with Gasteiger partial charge in [0.2, 0.25) is 0 Å². The third kappa shape index (κ3) is 6.41. The minimum absolute atomic E-state index is 0.228. The minimum Gasteiger partial charge on any atom is -0.484 e. The Morgan fingerprint density at radius 3 is 2.27 bits per heavy atom. The molecule has 8 heteroatoms. The van der Waals surface area contributed by atoms with E-state index in [-0.39, 0.29) is 6.54 Å². The van der Waals surface area contributed by atoms with E-state index in [9.17, 15) is 18.0 Å². The summed E-state index contributed by atoms with van der Waals surface area (Å²) in [6, 6.07) is 14.5. The molecule has 0 aliphatic rings. The van der Waals surface area contributed by atoms with Crippen LogP contribution in [0.25, 0.3) is 0 Å². The van der Waals surface area contributed by atoms with Crippen molar-refractivity contribution < 1.29 is 22.7 Å². The number of benzene rings is 2. The number of alkyl halides is 3. The molecule has 2 aromatic rings. The van der Waals surface area contributed by atoms with E-state index in [1.807, 2.05) is 6.07 Å². The van der Waals surface area contributed by atoms with Crippen LogP contribution in [-0.2, 0) is 11.3 Å². The van der Waals surface area contributed by atoms with E-state index in [0.29, 0.717) is 21.8 Å². The predicted molar refractivity (Wildman–Crippen MR) is 92.3 cm³/mol. The fourth-order valence-corrected chi connectivity index (χ4v) is 2.39. The van der Waals surface area contributed by atoms with Crippen LogP contribution in [0.5, 0.6) is 5.75 Å². The summed E-state index contributed by atoms with van der Waals surface area (Å²) in [5.41, 5.74) is 0.881. The molecule has 0 heterocycles. The Morgan fingerprint density at radius 2 is 1.73 bits per heavy atom. The maximum atomic E-state index is 12.8. The van der Waals surface area contributed by atoms with E-state index in [1.165, 1.54) is 24.3 Å². The molecule has 0 bridgehead atoms. The molecule has 26 heavy (non-hydrogen) atoms. The number of rotatable bonds is 6. The Kier molecular flexibility index (Phi) is 6.64. The van der Waals surface area contributed by atoms with Crippen molar-refractivity contribution in [1.29, 1.82) is 5.26 Å². The summed E-state index contributed by atoms with van der Waals surface area (Å²) >= 11 is 3.25. The Morgan fingerprint density at radius 1 is 1.12 bits per heavy atom. The van der Waals surface area contributed by atoms with Gasteiger partial charge >= 0.3 is 6.18 Å². The van der Waals surface area contributed by atoms with E-state index in [1.54, 1.807) is 24.3 Å². The van der Waals surface area contributed by atoms with Crippen molar-refractivity contribution in [1.82, 2.24) is 4.90 Å². The highest BCUT2D eigenvalue weighted by Crippen LogP contribution is 2.20. The smallest absolute Gasteiger partial charge is 0.406 e. The normalized spacial score (nSPS) is 10.9. The summed E-state index contributed by atoms with van der Waals surface area (Å²) in [5.74, 6) is -0.401. The number of ether oxygens (including phenoxy) is 1. The number of hydrogen-bond donors (Lipinski definition) is 0. The van der Waals surface area contributed by atoms with Gasteiger partial charge in [-0.3, -0.25) is 4.79 Å². The van der Waals surface area contributed by atoms with Crippen LogP contribution in [0, 0.1) is 11.3 Å². The van der Waals surface area contributed by atoms with Gasteiger partial charge in [-0.1, -0.05) is 28.1 Å². The number of hydrogen-bond acceptors (Lipinski definition) is 3. The molecule has 0 atom stereocenters. The van der Waals surface area contributed by atoms with E-state index >= 15 is 0 Å². The Labute approximate surface area is 156 Å².